The molecule has 1 aliphatic rings. The van der Waals surface area contributed by atoms with Crippen molar-refractivity contribution in [3.8, 4) is 0 Å². The minimum atomic E-state index is -0.0641. The van der Waals surface area contributed by atoms with Crippen molar-refractivity contribution >= 4 is 22.4 Å². The van der Waals surface area contributed by atoms with Gasteiger partial charge in [-0.05, 0) is 29.7 Å². The molecule has 136 valence electrons. The standard InChI is InChI=1S/C23H23N3O/c27-23(21-16-20-8-4-5-9-22(20)25-17-21)24-12-15-26-13-10-19(11-14-26)18-6-2-1-3-7-18/h1-10,16-17H,11-15H2,(H,24,27). The molecule has 0 spiro atoms. The van der Waals surface area contributed by atoms with E-state index in [1.54, 1.807) is 6.20 Å². The summed E-state index contributed by atoms with van der Waals surface area (Å²) in [4.78, 5) is 19.1. The molecule has 1 amide bonds. The molecule has 0 atom stereocenters. The second kappa shape index (κ2) is 8.14. The van der Waals surface area contributed by atoms with E-state index in [0.717, 1.165) is 37.0 Å². The summed E-state index contributed by atoms with van der Waals surface area (Å²) in [6.45, 7) is 3.44. The van der Waals surface area contributed by atoms with E-state index in [9.17, 15) is 4.79 Å². The molecule has 0 saturated carbocycles. The summed E-state index contributed by atoms with van der Waals surface area (Å²) in [6, 6.07) is 20.3. The summed E-state index contributed by atoms with van der Waals surface area (Å²) in [5.74, 6) is -0.0641. The number of para-hydroxylation sites is 1. The highest BCUT2D eigenvalue weighted by Crippen LogP contribution is 2.21. The Hall–Kier alpha value is -2.98. The van der Waals surface area contributed by atoms with Gasteiger partial charge in [0.25, 0.3) is 5.91 Å². The monoisotopic (exact) mass is 357 g/mol. The molecule has 1 aliphatic heterocycles. The molecule has 4 nitrogen and oxygen atoms in total. The van der Waals surface area contributed by atoms with Crippen LogP contribution in [0.15, 0.2) is 72.9 Å². The topological polar surface area (TPSA) is 45.2 Å². The summed E-state index contributed by atoms with van der Waals surface area (Å²) in [6.07, 6.45) is 4.99. The van der Waals surface area contributed by atoms with Crippen LogP contribution in [0.4, 0.5) is 0 Å². The Morgan fingerprint density at radius 3 is 2.70 bits per heavy atom. The fourth-order valence-corrected chi connectivity index (χ4v) is 3.45. The molecule has 2 aromatic carbocycles. The lowest BCUT2D eigenvalue weighted by Gasteiger charge is -2.26. The number of carbonyl (C=O) groups excluding carboxylic acids is 1. The van der Waals surface area contributed by atoms with Crippen LogP contribution in [0.3, 0.4) is 0 Å². The Labute approximate surface area is 159 Å². The van der Waals surface area contributed by atoms with Gasteiger partial charge in [0, 0.05) is 37.8 Å². The van der Waals surface area contributed by atoms with Crippen molar-refractivity contribution in [1.29, 1.82) is 0 Å². The second-order valence-electron chi connectivity index (χ2n) is 6.82. The van der Waals surface area contributed by atoms with Crippen molar-refractivity contribution in [2.45, 2.75) is 6.42 Å². The van der Waals surface area contributed by atoms with Crippen LogP contribution in [0.1, 0.15) is 22.3 Å². The van der Waals surface area contributed by atoms with Gasteiger partial charge in [0.15, 0.2) is 0 Å². The van der Waals surface area contributed by atoms with Crippen LogP contribution in [0, 0.1) is 0 Å². The normalized spacial score (nSPS) is 14.7. The molecular formula is C23H23N3O. The van der Waals surface area contributed by atoms with Gasteiger partial charge in [-0.1, -0.05) is 54.6 Å². The van der Waals surface area contributed by atoms with Gasteiger partial charge in [-0.3, -0.25) is 14.7 Å². The van der Waals surface area contributed by atoms with Crippen LogP contribution in [0.25, 0.3) is 16.5 Å². The highest BCUT2D eigenvalue weighted by molar-refractivity contribution is 5.97. The third kappa shape index (κ3) is 4.23. The van der Waals surface area contributed by atoms with Gasteiger partial charge in [-0.2, -0.15) is 0 Å². The number of hydrogen-bond acceptors (Lipinski definition) is 3. The number of amides is 1. The molecule has 27 heavy (non-hydrogen) atoms. The van der Waals surface area contributed by atoms with E-state index >= 15 is 0 Å². The summed E-state index contributed by atoms with van der Waals surface area (Å²) in [5, 5.41) is 4.00. The minimum absolute atomic E-state index is 0.0641. The van der Waals surface area contributed by atoms with E-state index in [0.29, 0.717) is 12.1 Å². The zero-order valence-electron chi connectivity index (χ0n) is 15.3. The molecule has 0 radical (unpaired) electrons. The Morgan fingerprint density at radius 2 is 1.89 bits per heavy atom. The fourth-order valence-electron chi connectivity index (χ4n) is 3.45. The quantitative estimate of drug-likeness (QED) is 0.756. The molecule has 0 saturated heterocycles. The van der Waals surface area contributed by atoms with Crippen molar-refractivity contribution < 1.29 is 4.79 Å². The van der Waals surface area contributed by atoms with Crippen molar-refractivity contribution in [2.75, 3.05) is 26.2 Å². The molecule has 4 heteroatoms. The van der Waals surface area contributed by atoms with Crippen LogP contribution >= 0.6 is 0 Å². The summed E-state index contributed by atoms with van der Waals surface area (Å²) < 4.78 is 0. The molecule has 0 unspecified atom stereocenters. The Kier molecular flexibility index (Phi) is 5.26. The number of carbonyl (C=O) groups is 1. The zero-order chi connectivity index (χ0) is 18.5. The van der Waals surface area contributed by atoms with E-state index in [-0.39, 0.29) is 5.91 Å². The van der Waals surface area contributed by atoms with Crippen molar-refractivity contribution in [3.05, 3.63) is 84.1 Å². The largest absolute Gasteiger partial charge is 0.351 e. The zero-order valence-corrected chi connectivity index (χ0v) is 15.3. The first-order chi connectivity index (χ1) is 13.3. The SMILES string of the molecule is O=C(NCCN1CC=C(c2ccccc2)CC1)c1cnc2ccccc2c1. The van der Waals surface area contributed by atoms with Gasteiger partial charge in [-0.15, -0.1) is 0 Å². The number of nitrogens with one attached hydrogen (secondary N) is 1. The van der Waals surface area contributed by atoms with E-state index in [2.05, 4.69) is 45.5 Å². The van der Waals surface area contributed by atoms with Crippen LogP contribution in [-0.2, 0) is 0 Å². The maximum atomic E-state index is 12.4. The number of nitrogens with zero attached hydrogens (tertiary/aromatic N) is 2. The number of fused-ring (bicyclic) bond motifs is 1. The average Bonchev–Trinajstić information content (AvgIpc) is 2.74. The number of rotatable bonds is 5. The Balaban J connectivity index is 1.28. The fraction of sp³-hybridized carbons (Fsp3) is 0.217. The first-order valence-corrected chi connectivity index (χ1v) is 9.39. The maximum absolute atomic E-state index is 12.4. The van der Waals surface area contributed by atoms with Crippen LogP contribution in [0.5, 0.6) is 0 Å². The number of benzene rings is 2. The van der Waals surface area contributed by atoms with Gasteiger partial charge in [-0.25, -0.2) is 0 Å². The predicted octanol–water partition coefficient (Wildman–Crippen LogP) is 3.75. The van der Waals surface area contributed by atoms with Crippen molar-refractivity contribution in [3.63, 3.8) is 0 Å². The van der Waals surface area contributed by atoms with Gasteiger partial charge in [0.1, 0.15) is 0 Å². The molecule has 1 N–H and O–H groups in total. The predicted molar refractivity (Wildman–Crippen MR) is 110 cm³/mol. The molecule has 0 bridgehead atoms. The molecule has 4 rings (SSSR count). The van der Waals surface area contributed by atoms with Crippen LogP contribution < -0.4 is 5.32 Å². The third-order valence-corrected chi connectivity index (χ3v) is 5.00. The lowest BCUT2D eigenvalue weighted by molar-refractivity contribution is 0.0949. The molecule has 0 aliphatic carbocycles. The smallest absolute Gasteiger partial charge is 0.252 e. The molecule has 2 heterocycles. The Morgan fingerprint density at radius 1 is 1.07 bits per heavy atom. The lowest BCUT2D eigenvalue weighted by atomic mass is 10.00. The summed E-state index contributed by atoms with van der Waals surface area (Å²) >= 11 is 0. The highest BCUT2D eigenvalue weighted by Gasteiger charge is 2.13. The van der Waals surface area contributed by atoms with E-state index in [1.807, 2.05) is 36.4 Å². The van der Waals surface area contributed by atoms with E-state index in [4.69, 9.17) is 0 Å². The van der Waals surface area contributed by atoms with E-state index in [1.165, 1.54) is 11.1 Å². The lowest BCUT2D eigenvalue weighted by Crippen LogP contribution is -2.37. The van der Waals surface area contributed by atoms with Crippen molar-refractivity contribution in [2.24, 2.45) is 0 Å². The summed E-state index contributed by atoms with van der Waals surface area (Å²) in [7, 11) is 0. The van der Waals surface area contributed by atoms with Gasteiger partial charge in [0.05, 0.1) is 11.1 Å². The van der Waals surface area contributed by atoms with Crippen LogP contribution in [0.2, 0.25) is 0 Å². The second-order valence-corrected chi connectivity index (χ2v) is 6.82. The summed E-state index contributed by atoms with van der Waals surface area (Å²) in [5.41, 5.74) is 4.24. The van der Waals surface area contributed by atoms with Gasteiger partial charge >= 0.3 is 0 Å². The molecular weight excluding hydrogens is 334 g/mol. The number of aromatic nitrogens is 1. The highest BCUT2D eigenvalue weighted by atomic mass is 16.1. The van der Waals surface area contributed by atoms with Crippen molar-refractivity contribution in [1.82, 2.24) is 15.2 Å². The number of hydrogen-bond donors (Lipinski definition) is 1. The maximum Gasteiger partial charge on any atom is 0.252 e. The Bertz CT molecular complexity index is 966. The first kappa shape index (κ1) is 17.4. The minimum Gasteiger partial charge on any atom is -0.351 e. The molecule has 3 aromatic rings. The van der Waals surface area contributed by atoms with Gasteiger partial charge in [0.2, 0.25) is 0 Å². The first-order valence-electron chi connectivity index (χ1n) is 9.39. The molecule has 0 fully saturated rings. The van der Waals surface area contributed by atoms with Gasteiger partial charge < -0.3 is 5.32 Å². The third-order valence-electron chi connectivity index (χ3n) is 5.00. The average molecular weight is 357 g/mol. The number of pyridine rings is 1. The molecule has 1 aromatic heterocycles. The van der Waals surface area contributed by atoms with Crippen LogP contribution in [-0.4, -0.2) is 42.0 Å². The van der Waals surface area contributed by atoms with E-state index < -0.39 is 0 Å².